The highest BCUT2D eigenvalue weighted by Gasteiger charge is 2.26. The Morgan fingerprint density at radius 2 is 1.96 bits per heavy atom. The molecule has 2 rings (SSSR count). The van der Waals surface area contributed by atoms with E-state index in [4.69, 9.17) is 11.6 Å². The zero-order chi connectivity index (χ0) is 18.6. The number of aromatic nitrogens is 2. The molecule has 0 radical (unpaired) electrons. The number of H-pyrrole nitrogens is 1. The number of nitrogens with one attached hydrogen (secondary N) is 2. The van der Waals surface area contributed by atoms with Gasteiger partial charge in [-0.1, -0.05) is 31.9 Å². The second kappa shape index (κ2) is 7.94. The smallest absolute Gasteiger partial charge is 0.326 e. The number of benzene rings is 1. The van der Waals surface area contributed by atoms with E-state index in [0.29, 0.717) is 17.0 Å². The Morgan fingerprint density at radius 3 is 2.48 bits per heavy atom. The first kappa shape index (κ1) is 18.7. The van der Waals surface area contributed by atoms with Crippen molar-refractivity contribution in [2.45, 2.75) is 26.3 Å². The summed E-state index contributed by atoms with van der Waals surface area (Å²) in [6.07, 6.45) is 1.70. The molecule has 0 aliphatic heterocycles. The fourth-order valence-electron chi connectivity index (χ4n) is 2.21. The standard InChI is InChI=1S/C17H18ClN3O4/c1-3-9(2)13(17(24)25)20-15(22)12-8-19-14(21-16(12)23)10-4-6-11(18)7-5-10/h4-9,13H,3H2,1-2H3,(H,20,22)(H,24,25)(H,19,21,23). The topological polar surface area (TPSA) is 112 Å². The Bertz CT molecular complexity index is 833. The van der Waals surface area contributed by atoms with E-state index in [9.17, 15) is 19.5 Å². The molecule has 0 aliphatic rings. The quantitative estimate of drug-likeness (QED) is 0.729. The zero-order valence-electron chi connectivity index (χ0n) is 13.7. The summed E-state index contributed by atoms with van der Waals surface area (Å²) in [5, 5.41) is 12.2. The molecule has 2 atom stereocenters. The molecule has 1 aromatic carbocycles. The molecule has 25 heavy (non-hydrogen) atoms. The number of carboxylic acid groups (broad SMARTS) is 1. The van der Waals surface area contributed by atoms with Crippen LogP contribution in [0.4, 0.5) is 0 Å². The number of hydrogen-bond donors (Lipinski definition) is 3. The largest absolute Gasteiger partial charge is 0.480 e. The number of rotatable bonds is 6. The van der Waals surface area contributed by atoms with Gasteiger partial charge in [0.15, 0.2) is 0 Å². The van der Waals surface area contributed by atoms with E-state index in [1.54, 1.807) is 31.2 Å². The second-order valence-corrected chi connectivity index (χ2v) is 6.09. The molecular weight excluding hydrogens is 346 g/mol. The highest BCUT2D eigenvalue weighted by Crippen LogP contribution is 2.17. The first-order chi connectivity index (χ1) is 11.8. The monoisotopic (exact) mass is 363 g/mol. The van der Waals surface area contributed by atoms with Gasteiger partial charge in [0.25, 0.3) is 11.5 Å². The van der Waals surface area contributed by atoms with Crippen LogP contribution in [0.3, 0.4) is 0 Å². The van der Waals surface area contributed by atoms with Crippen LogP contribution in [0, 0.1) is 5.92 Å². The number of aromatic amines is 1. The predicted octanol–water partition coefficient (Wildman–Crippen LogP) is 2.32. The SMILES string of the molecule is CCC(C)C(NC(=O)c1cnc(-c2ccc(Cl)cc2)[nH]c1=O)C(=O)O. The van der Waals surface area contributed by atoms with Crippen molar-refractivity contribution >= 4 is 23.5 Å². The van der Waals surface area contributed by atoms with Gasteiger partial charge in [0.2, 0.25) is 0 Å². The molecule has 3 N–H and O–H groups in total. The van der Waals surface area contributed by atoms with Crippen molar-refractivity contribution in [1.82, 2.24) is 15.3 Å². The molecule has 1 heterocycles. The van der Waals surface area contributed by atoms with Crippen LogP contribution in [0.1, 0.15) is 30.6 Å². The molecule has 0 spiro atoms. The van der Waals surface area contributed by atoms with Crippen LogP contribution in [0.5, 0.6) is 0 Å². The Labute approximate surface area is 149 Å². The minimum atomic E-state index is -1.15. The third-order valence-electron chi connectivity index (χ3n) is 3.93. The first-order valence-corrected chi connectivity index (χ1v) is 8.10. The molecule has 0 saturated carbocycles. The van der Waals surface area contributed by atoms with Gasteiger partial charge in [0.05, 0.1) is 0 Å². The van der Waals surface area contributed by atoms with Crippen molar-refractivity contribution in [3.8, 4) is 11.4 Å². The van der Waals surface area contributed by atoms with Crippen LogP contribution in [0.25, 0.3) is 11.4 Å². The van der Waals surface area contributed by atoms with Gasteiger partial charge in [0, 0.05) is 16.8 Å². The number of hydrogen-bond acceptors (Lipinski definition) is 4. The molecule has 0 bridgehead atoms. The third-order valence-corrected chi connectivity index (χ3v) is 4.18. The number of carbonyl (C=O) groups excluding carboxylic acids is 1. The summed E-state index contributed by atoms with van der Waals surface area (Å²) in [4.78, 5) is 42.3. The van der Waals surface area contributed by atoms with Crippen LogP contribution in [-0.4, -0.2) is 33.0 Å². The molecule has 132 valence electrons. The number of aliphatic carboxylic acids is 1. The number of halogens is 1. The lowest BCUT2D eigenvalue weighted by molar-refractivity contribution is -0.140. The Hall–Kier alpha value is -2.67. The molecule has 1 amide bonds. The lowest BCUT2D eigenvalue weighted by Crippen LogP contribution is -2.46. The van der Waals surface area contributed by atoms with E-state index in [1.807, 2.05) is 6.92 Å². The normalized spacial score (nSPS) is 13.1. The van der Waals surface area contributed by atoms with Crippen LogP contribution >= 0.6 is 11.6 Å². The molecule has 2 aromatic rings. The minimum absolute atomic E-state index is 0.243. The molecule has 0 aliphatic carbocycles. The summed E-state index contributed by atoms with van der Waals surface area (Å²) in [5.41, 5.74) is -0.255. The average molecular weight is 364 g/mol. The first-order valence-electron chi connectivity index (χ1n) is 7.72. The third kappa shape index (κ3) is 4.45. The maximum Gasteiger partial charge on any atom is 0.326 e. The van der Waals surface area contributed by atoms with Gasteiger partial charge in [0.1, 0.15) is 17.4 Å². The molecule has 8 heteroatoms. The molecule has 1 aromatic heterocycles. The fraction of sp³-hybridized carbons (Fsp3) is 0.294. The summed E-state index contributed by atoms with van der Waals surface area (Å²) in [6, 6.07) is 5.60. The van der Waals surface area contributed by atoms with Gasteiger partial charge in [-0.05, 0) is 30.2 Å². The number of amides is 1. The van der Waals surface area contributed by atoms with E-state index < -0.39 is 23.5 Å². The highest BCUT2D eigenvalue weighted by atomic mass is 35.5. The van der Waals surface area contributed by atoms with E-state index in [1.165, 1.54) is 0 Å². The predicted molar refractivity (Wildman–Crippen MR) is 93.6 cm³/mol. The van der Waals surface area contributed by atoms with Crippen LogP contribution in [-0.2, 0) is 4.79 Å². The molecule has 7 nitrogen and oxygen atoms in total. The minimum Gasteiger partial charge on any atom is -0.480 e. The van der Waals surface area contributed by atoms with Crippen molar-refractivity contribution in [3.05, 3.63) is 51.4 Å². The van der Waals surface area contributed by atoms with E-state index in [0.717, 1.165) is 6.20 Å². The number of carboxylic acids is 1. The lowest BCUT2D eigenvalue weighted by atomic mass is 9.99. The van der Waals surface area contributed by atoms with Gasteiger partial charge in [-0.25, -0.2) is 9.78 Å². The van der Waals surface area contributed by atoms with Crippen molar-refractivity contribution in [2.24, 2.45) is 5.92 Å². The summed E-state index contributed by atoms with van der Waals surface area (Å²) in [5.74, 6) is -1.91. The Balaban J connectivity index is 2.25. The van der Waals surface area contributed by atoms with Gasteiger partial charge in [-0.2, -0.15) is 0 Å². The van der Waals surface area contributed by atoms with E-state index >= 15 is 0 Å². The molecular formula is C17H18ClN3O4. The molecule has 0 saturated heterocycles. The Morgan fingerprint density at radius 1 is 1.32 bits per heavy atom. The maximum atomic E-state index is 12.2. The fourth-order valence-corrected chi connectivity index (χ4v) is 2.34. The summed E-state index contributed by atoms with van der Waals surface area (Å²) < 4.78 is 0. The van der Waals surface area contributed by atoms with Crippen molar-refractivity contribution < 1.29 is 14.7 Å². The number of nitrogens with zero attached hydrogens (tertiary/aromatic N) is 1. The highest BCUT2D eigenvalue weighted by molar-refractivity contribution is 6.30. The van der Waals surface area contributed by atoms with Gasteiger partial charge in [-0.3, -0.25) is 9.59 Å². The van der Waals surface area contributed by atoms with Crippen LogP contribution in [0.15, 0.2) is 35.3 Å². The molecule has 2 unspecified atom stereocenters. The van der Waals surface area contributed by atoms with Crippen LogP contribution in [0.2, 0.25) is 5.02 Å². The molecule has 0 fully saturated rings. The lowest BCUT2D eigenvalue weighted by Gasteiger charge is -2.19. The average Bonchev–Trinajstić information content (AvgIpc) is 2.59. The zero-order valence-corrected chi connectivity index (χ0v) is 14.5. The van der Waals surface area contributed by atoms with Gasteiger partial charge < -0.3 is 15.4 Å². The maximum absolute atomic E-state index is 12.2. The van der Waals surface area contributed by atoms with Crippen molar-refractivity contribution in [3.63, 3.8) is 0 Å². The van der Waals surface area contributed by atoms with Crippen LogP contribution < -0.4 is 10.9 Å². The second-order valence-electron chi connectivity index (χ2n) is 5.66. The van der Waals surface area contributed by atoms with Crippen molar-refractivity contribution in [1.29, 1.82) is 0 Å². The summed E-state index contributed by atoms with van der Waals surface area (Å²) >= 11 is 5.82. The van der Waals surface area contributed by atoms with Gasteiger partial charge >= 0.3 is 5.97 Å². The van der Waals surface area contributed by atoms with E-state index in [-0.39, 0.29) is 17.3 Å². The van der Waals surface area contributed by atoms with Gasteiger partial charge in [-0.15, -0.1) is 0 Å². The number of carbonyl (C=O) groups is 2. The van der Waals surface area contributed by atoms with E-state index in [2.05, 4.69) is 15.3 Å². The Kier molecular flexibility index (Phi) is 5.93. The summed E-state index contributed by atoms with van der Waals surface area (Å²) in [6.45, 7) is 3.53. The van der Waals surface area contributed by atoms with Crippen molar-refractivity contribution in [2.75, 3.05) is 0 Å². The summed E-state index contributed by atoms with van der Waals surface area (Å²) in [7, 11) is 0.